The molecule has 0 N–H and O–H groups in total. The Morgan fingerprint density at radius 2 is 1.63 bits per heavy atom. The molecule has 2 heteroatoms. The Morgan fingerprint density at radius 3 is 2.21 bits per heavy atom. The van der Waals surface area contributed by atoms with Gasteiger partial charge < -0.3 is 4.74 Å². The highest BCUT2D eigenvalue weighted by Gasteiger charge is 2.09. The van der Waals surface area contributed by atoms with E-state index in [-0.39, 0.29) is 0 Å². The van der Waals surface area contributed by atoms with Crippen molar-refractivity contribution in [3.63, 3.8) is 0 Å². The molecular weight excluding hydrogens is 236 g/mol. The first-order valence-corrected chi connectivity index (χ1v) is 6.35. The molecule has 0 aliphatic heterocycles. The number of ether oxygens (including phenoxy) is 1. The predicted molar refractivity (Wildman–Crippen MR) is 77.9 cm³/mol. The molecule has 2 nitrogen and oxygen atoms in total. The van der Waals surface area contributed by atoms with E-state index in [0.717, 1.165) is 17.1 Å². The molecule has 0 heterocycles. The van der Waals surface area contributed by atoms with Crippen LogP contribution in [0.25, 0.3) is 0 Å². The van der Waals surface area contributed by atoms with Crippen molar-refractivity contribution >= 4 is 5.78 Å². The highest BCUT2D eigenvalue weighted by molar-refractivity contribution is 5.94. The molecule has 0 radical (unpaired) electrons. The van der Waals surface area contributed by atoms with Gasteiger partial charge in [0.05, 0.1) is 19.6 Å². The fourth-order valence-electron chi connectivity index (χ4n) is 1.78. The Bertz CT molecular complexity index is 551. The third kappa shape index (κ3) is 3.68. The van der Waals surface area contributed by atoms with Gasteiger partial charge in [0.25, 0.3) is 6.61 Å². The van der Waals surface area contributed by atoms with E-state index in [1.807, 2.05) is 31.2 Å². The Hall–Kier alpha value is -2.09. The van der Waals surface area contributed by atoms with Crippen molar-refractivity contribution < 1.29 is 9.16 Å². The molecule has 2 aromatic carbocycles. The Balaban J connectivity index is 2.07. The van der Waals surface area contributed by atoms with Gasteiger partial charge in [-0.3, -0.25) is 4.42 Å². The molecule has 0 spiro atoms. The average Bonchev–Trinajstić information content (AvgIpc) is 2.46. The molecule has 0 aromatic heterocycles. The van der Waals surface area contributed by atoms with E-state index < -0.39 is 0 Å². The van der Waals surface area contributed by atoms with Crippen LogP contribution in [0.5, 0.6) is 5.75 Å². The van der Waals surface area contributed by atoms with Crippen LogP contribution in [0, 0.1) is 6.92 Å². The maximum Gasteiger partial charge on any atom is 0.324 e. The van der Waals surface area contributed by atoms with Crippen molar-refractivity contribution in [3.8, 4) is 5.75 Å². The predicted octanol–water partition coefficient (Wildman–Crippen LogP) is 3.94. The molecule has 19 heavy (non-hydrogen) atoms. The summed E-state index contributed by atoms with van der Waals surface area (Å²) in [5.74, 6) is 1.78. The minimum Gasteiger partial charge on any atom is -0.497 e. The lowest BCUT2D eigenvalue weighted by Gasteiger charge is -1.98. The molecule has 0 atom stereocenters. The quantitative estimate of drug-likeness (QED) is 0.598. The van der Waals surface area contributed by atoms with Gasteiger partial charge in [-0.15, -0.1) is 0 Å². The summed E-state index contributed by atoms with van der Waals surface area (Å²) in [6, 6.07) is 16.3. The van der Waals surface area contributed by atoms with E-state index in [0.29, 0.717) is 6.61 Å². The average molecular weight is 255 g/mol. The molecule has 2 aromatic rings. The van der Waals surface area contributed by atoms with Crippen LogP contribution in [0.15, 0.2) is 48.5 Å². The van der Waals surface area contributed by atoms with Crippen molar-refractivity contribution in [1.82, 2.24) is 0 Å². The molecule has 0 aliphatic carbocycles. The van der Waals surface area contributed by atoms with Crippen LogP contribution in [-0.4, -0.2) is 12.9 Å². The lowest BCUT2D eigenvalue weighted by molar-refractivity contribution is -0.288. The molecule has 2 rings (SSSR count). The third-order valence-corrected chi connectivity index (χ3v) is 3.07. The number of aryl methyl sites for hydroxylation is 1. The Labute approximate surface area is 114 Å². The highest BCUT2D eigenvalue weighted by Crippen LogP contribution is 2.12. The Kier molecular flexibility index (Phi) is 4.35. The third-order valence-electron chi connectivity index (χ3n) is 3.07. The normalized spacial score (nSPS) is 11.4. The maximum atomic E-state index is 5.80. The fourth-order valence-corrected chi connectivity index (χ4v) is 1.78. The fraction of sp³-hybridized carbons (Fsp3) is 0.235. The monoisotopic (exact) mass is 255 g/mol. The van der Waals surface area contributed by atoms with Crippen LogP contribution in [0.4, 0.5) is 0 Å². The first kappa shape index (κ1) is 13.3. The van der Waals surface area contributed by atoms with Gasteiger partial charge in [0.15, 0.2) is 0 Å². The summed E-state index contributed by atoms with van der Waals surface area (Å²) in [5.41, 5.74) is 3.52. The summed E-state index contributed by atoms with van der Waals surface area (Å²) in [5, 5.41) is 0. The van der Waals surface area contributed by atoms with Crippen molar-refractivity contribution in [1.29, 1.82) is 0 Å². The number of rotatable bonds is 4. The molecule has 0 bridgehead atoms. The van der Waals surface area contributed by atoms with E-state index in [9.17, 15) is 0 Å². The van der Waals surface area contributed by atoms with Crippen LogP contribution < -0.4 is 4.74 Å². The second-order valence-electron chi connectivity index (χ2n) is 4.56. The van der Waals surface area contributed by atoms with Crippen LogP contribution in [0.3, 0.4) is 0 Å². The Morgan fingerprint density at radius 1 is 1.00 bits per heavy atom. The topological polar surface area (TPSA) is 20.5 Å². The van der Waals surface area contributed by atoms with Gasteiger partial charge in [-0.1, -0.05) is 17.7 Å². The summed E-state index contributed by atoms with van der Waals surface area (Å²) in [6.45, 7) is 4.66. The molecule has 0 saturated carbocycles. The highest BCUT2D eigenvalue weighted by atomic mass is 16.5. The van der Waals surface area contributed by atoms with Gasteiger partial charge in [-0.2, -0.15) is 0 Å². The van der Waals surface area contributed by atoms with E-state index in [2.05, 4.69) is 31.2 Å². The zero-order chi connectivity index (χ0) is 13.7. The largest absolute Gasteiger partial charge is 0.497 e. The minimum atomic E-state index is 0.595. The second kappa shape index (κ2) is 6.19. The minimum absolute atomic E-state index is 0.595. The summed E-state index contributed by atoms with van der Waals surface area (Å²) < 4.78 is 10.9. The van der Waals surface area contributed by atoms with Crippen LogP contribution in [0.1, 0.15) is 28.0 Å². The van der Waals surface area contributed by atoms with E-state index in [1.54, 1.807) is 7.11 Å². The number of hydrogen-bond acceptors (Lipinski definition) is 1. The zero-order valence-corrected chi connectivity index (χ0v) is 11.6. The molecular formula is C17H19O2+. The molecule has 0 saturated heterocycles. The van der Waals surface area contributed by atoms with Crippen molar-refractivity contribution in [2.24, 2.45) is 0 Å². The number of ketones is 1. The molecule has 0 amide bonds. The van der Waals surface area contributed by atoms with Gasteiger partial charge >= 0.3 is 5.78 Å². The van der Waals surface area contributed by atoms with Crippen LogP contribution in [-0.2, 0) is 6.61 Å². The van der Waals surface area contributed by atoms with Crippen molar-refractivity contribution in [3.05, 3.63) is 65.2 Å². The van der Waals surface area contributed by atoms with Gasteiger partial charge in [0, 0.05) is 5.56 Å². The molecule has 98 valence electrons. The second-order valence-corrected chi connectivity index (χ2v) is 4.56. The van der Waals surface area contributed by atoms with Crippen LogP contribution >= 0.6 is 0 Å². The van der Waals surface area contributed by atoms with Crippen molar-refractivity contribution in [2.45, 2.75) is 20.5 Å². The standard InChI is InChI=1S/C17H19O2/c1-13-4-6-15(7-5-13)12-19-14(2)16-8-10-17(18-3)11-9-16/h4-11H,12H2,1-3H3/q+1. The number of hydrogen-bond donors (Lipinski definition) is 0. The van der Waals surface area contributed by atoms with Gasteiger partial charge in [0.2, 0.25) is 0 Å². The lowest BCUT2D eigenvalue weighted by Crippen LogP contribution is -1.96. The summed E-state index contributed by atoms with van der Waals surface area (Å²) >= 11 is 0. The van der Waals surface area contributed by atoms with Gasteiger partial charge in [-0.05, 0) is 43.3 Å². The van der Waals surface area contributed by atoms with Gasteiger partial charge in [0.1, 0.15) is 5.75 Å². The van der Waals surface area contributed by atoms with Crippen LogP contribution in [0.2, 0.25) is 0 Å². The molecule has 0 fully saturated rings. The van der Waals surface area contributed by atoms with Crippen molar-refractivity contribution in [2.75, 3.05) is 7.11 Å². The van der Waals surface area contributed by atoms with Gasteiger partial charge in [-0.25, -0.2) is 0 Å². The lowest BCUT2D eigenvalue weighted by atomic mass is 10.1. The summed E-state index contributed by atoms with van der Waals surface area (Å²) in [4.78, 5) is 0. The first-order chi connectivity index (χ1) is 9.19. The molecule has 0 aliphatic rings. The summed E-state index contributed by atoms with van der Waals surface area (Å²) in [7, 11) is 1.67. The smallest absolute Gasteiger partial charge is 0.324 e. The number of carbonyl (C=O) groups excluding carboxylic acids is 1. The maximum absolute atomic E-state index is 5.80. The molecule has 0 unspecified atom stereocenters. The number of benzene rings is 2. The van der Waals surface area contributed by atoms with E-state index >= 15 is 0 Å². The SMILES string of the molecule is COc1ccc(C(C)=[O+]Cc2ccc(C)cc2)cc1. The zero-order valence-electron chi connectivity index (χ0n) is 11.6. The summed E-state index contributed by atoms with van der Waals surface area (Å²) in [6.07, 6.45) is 0. The number of methoxy groups -OCH3 is 1. The first-order valence-electron chi connectivity index (χ1n) is 6.35. The van der Waals surface area contributed by atoms with E-state index in [1.165, 1.54) is 11.1 Å². The van der Waals surface area contributed by atoms with E-state index in [4.69, 9.17) is 9.16 Å².